The van der Waals surface area contributed by atoms with Crippen LogP contribution in [-0.2, 0) is 6.54 Å². The number of nitrogens with zero attached hydrogens (tertiary/aromatic N) is 3. The summed E-state index contributed by atoms with van der Waals surface area (Å²) in [6.45, 7) is 4.47. The molecule has 8 nitrogen and oxygen atoms in total. The molecular weight excluding hydrogens is 420 g/mol. The molecule has 0 amide bonds. The van der Waals surface area contributed by atoms with Crippen LogP contribution in [-0.4, -0.2) is 23.3 Å². The van der Waals surface area contributed by atoms with Crippen LogP contribution >= 0.6 is 0 Å². The molecule has 1 aliphatic heterocycles. The molecule has 1 aliphatic rings. The van der Waals surface area contributed by atoms with Crippen LogP contribution in [0.15, 0.2) is 64.9 Å². The minimum Gasteiger partial charge on any atom is -0.493 e. The van der Waals surface area contributed by atoms with Gasteiger partial charge in [0.15, 0.2) is 11.5 Å². The fourth-order valence-corrected chi connectivity index (χ4v) is 4.01. The Balaban J connectivity index is 1.91. The molecular formula is C25H24N4O4. The number of nitriles is 1. The number of hydrogen-bond donors (Lipinski definition) is 1. The van der Waals surface area contributed by atoms with E-state index in [1.807, 2.05) is 32.0 Å². The number of allylic oxidation sites excluding steroid dienone is 1. The van der Waals surface area contributed by atoms with Gasteiger partial charge in [0.05, 0.1) is 37.4 Å². The lowest BCUT2D eigenvalue weighted by Crippen LogP contribution is -2.33. The van der Waals surface area contributed by atoms with Gasteiger partial charge in [0, 0.05) is 18.0 Å². The molecule has 0 fully saturated rings. The second kappa shape index (κ2) is 9.09. The molecule has 8 heteroatoms. The van der Waals surface area contributed by atoms with E-state index in [1.165, 1.54) is 7.11 Å². The number of nitrogens with two attached hydrogens (primary N) is 1. The largest absolute Gasteiger partial charge is 0.493 e. The highest BCUT2D eigenvalue weighted by Crippen LogP contribution is 2.42. The first-order valence-corrected chi connectivity index (χ1v) is 10.5. The van der Waals surface area contributed by atoms with Gasteiger partial charge in [-0.05, 0) is 43.7 Å². The highest BCUT2D eigenvalue weighted by molar-refractivity contribution is 5.57. The van der Waals surface area contributed by atoms with Crippen LogP contribution in [0.2, 0.25) is 0 Å². The van der Waals surface area contributed by atoms with E-state index in [2.05, 4.69) is 11.1 Å². The molecule has 2 N–H and O–H groups in total. The van der Waals surface area contributed by atoms with Crippen molar-refractivity contribution >= 4 is 0 Å². The maximum absolute atomic E-state index is 13.7. The summed E-state index contributed by atoms with van der Waals surface area (Å²) in [5.41, 5.74) is 8.45. The predicted octanol–water partition coefficient (Wildman–Crippen LogP) is 3.23. The zero-order chi connectivity index (χ0) is 23.5. The van der Waals surface area contributed by atoms with Crippen LogP contribution in [0.4, 0.5) is 0 Å². The molecule has 0 aliphatic carbocycles. The molecule has 0 radical (unpaired) electrons. The Kier molecular flexibility index (Phi) is 6.05. The van der Waals surface area contributed by atoms with Crippen LogP contribution < -0.4 is 25.5 Å². The molecule has 0 bridgehead atoms. The van der Waals surface area contributed by atoms with Crippen LogP contribution in [0.1, 0.15) is 35.4 Å². The average molecular weight is 444 g/mol. The zero-order valence-electron chi connectivity index (χ0n) is 18.7. The van der Waals surface area contributed by atoms with Crippen molar-refractivity contribution in [3.8, 4) is 23.3 Å². The minimum absolute atomic E-state index is 0.0240. The molecule has 3 heterocycles. The van der Waals surface area contributed by atoms with Crippen molar-refractivity contribution in [3.63, 3.8) is 0 Å². The van der Waals surface area contributed by atoms with Crippen LogP contribution in [0.25, 0.3) is 0 Å². The number of methoxy groups -OCH3 is 1. The molecule has 168 valence electrons. The Morgan fingerprint density at radius 2 is 2.06 bits per heavy atom. The lowest BCUT2D eigenvalue weighted by molar-refractivity contribution is 0.310. The lowest BCUT2D eigenvalue weighted by Gasteiger charge is -2.27. The van der Waals surface area contributed by atoms with Crippen molar-refractivity contribution < 1.29 is 14.2 Å². The minimum atomic E-state index is -0.716. The van der Waals surface area contributed by atoms with Crippen LogP contribution in [0.5, 0.6) is 17.2 Å². The van der Waals surface area contributed by atoms with Crippen LogP contribution in [0, 0.1) is 18.3 Å². The summed E-state index contributed by atoms with van der Waals surface area (Å²) >= 11 is 0. The highest BCUT2D eigenvalue weighted by Gasteiger charge is 2.35. The normalized spacial score (nSPS) is 14.8. The summed E-state index contributed by atoms with van der Waals surface area (Å²) < 4.78 is 18.4. The maximum Gasteiger partial charge on any atom is 0.259 e. The number of ether oxygens (including phenoxy) is 3. The molecule has 1 aromatic carbocycles. The number of pyridine rings is 2. The lowest BCUT2D eigenvalue weighted by atomic mass is 9.84. The van der Waals surface area contributed by atoms with Gasteiger partial charge in [0.1, 0.15) is 17.4 Å². The summed E-state index contributed by atoms with van der Waals surface area (Å²) in [5, 5.41) is 9.89. The Bertz CT molecular complexity index is 1320. The van der Waals surface area contributed by atoms with E-state index < -0.39 is 5.92 Å². The first-order chi connectivity index (χ1) is 16.0. The Morgan fingerprint density at radius 3 is 2.73 bits per heavy atom. The first kappa shape index (κ1) is 22.0. The molecule has 33 heavy (non-hydrogen) atoms. The number of hydrogen-bond acceptors (Lipinski definition) is 7. The van der Waals surface area contributed by atoms with Crippen molar-refractivity contribution in [2.75, 3.05) is 13.7 Å². The Labute approximate surface area is 191 Å². The van der Waals surface area contributed by atoms with Gasteiger partial charge >= 0.3 is 0 Å². The highest BCUT2D eigenvalue weighted by atomic mass is 16.5. The van der Waals surface area contributed by atoms with Gasteiger partial charge in [-0.1, -0.05) is 12.1 Å². The third-order valence-corrected chi connectivity index (χ3v) is 5.56. The van der Waals surface area contributed by atoms with Crippen molar-refractivity contribution in [3.05, 3.63) is 93.0 Å². The summed E-state index contributed by atoms with van der Waals surface area (Å²) in [6.07, 6.45) is 1.68. The SMILES string of the molecule is CCOc1ccc([C@@H]2C(C#N)=C(N)Oc3cc(C)n(Cc4ccccn4)c(=O)c32)cc1OC. The quantitative estimate of drug-likeness (QED) is 0.621. The standard InChI is InChI=1S/C25H24N4O4/c1-4-32-19-9-8-16(12-20(19)31-3)22-18(13-26)24(27)33-21-11-15(2)29(25(30)23(21)22)14-17-7-5-6-10-28-17/h5-12,22H,4,14,27H2,1-3H3/t22-/m1/s1. The fraction of sp³-hybridized carbons (Fsp3) is 0.240. The van der Waals surface area contributed by atoms with Gasteiger partial charge in [0.2, 0.25) is 5.88 Å². The molecule has 0 unspecified atom stereocenters. The van der Waals surface area contributed by atoms with Gasteiger partial charge in [0.25, 0.3) is 5.56 Å². The average Bonchev–Trinajstić information content (AvgIpc) is 2.82. The molecule has 3 aromatic rings. The number of benzene rings is 1. The van der Waals surface area contributed by atoms with E-state index in [-0.39, 0.29) is 17.0 Å². The molecule has 0 saturated carbocycles. The summed E-state index contributed by atoms with van der Waals surface area (Å²) in [6, 6.07) is 14.8. The van der Waals surface area contributed by atoms with Gasteiger partial charge < -0.3 is 24.5 Å². The van der Waals surface area contributed by atoms with E-state index in [0.29, 0.717) is 47.2 Å². The second-order valence-electron chi connectivity index (χ2n) is 7.54. The number of aryl methyl sites for hydroxylation is 1. The number of rotatable bonds is 6. The van der Waals surface area contributed by atoms with E-state index in [9.17, 15) is 10.1 Å². The summed E-state index contributed by atoms with van der Waals surface area (Å²) in [7, 11) is 1.54. The first-order valence-electron chi connectivity index (χ1n) is 10.5. The predicted molar refractivity (Wildman–Crippen MR) is 122 cm³/mol. The number of fused-ring (bicyclic) bond motifs is 1. The smallest absolute Gasteiger partial charge is 0.259 e. The molecule has 1 atom stereocenters. The molecule has 0 saturated heterocycles. The topological polar surface area (TPSA) is 112 Å². The van der Waals surface area contributed by atoms with Crippen molar-refractivity contribution in [2.24, 2.45) is 5.73 Å². The van der Waals surface area contributed by atoms with Crippen LogP contribution in [0.3, 0.4) is 0 Å². The van der Waals surface area contributed by atoms with Gasteiger partial charge in [-0.25, -0.2) is 0 Å². The summed E-state index contributed by atoms with van der Waals surface area (Å²) in [5.74, 6) is 0.668. The van der Waals surface area contributed by atoms with Crippen molar-refractivity contribution in [2.45, 2.75) is 26.3 Å². The van der Waals surface area contributed by atoms with Gasteiger partial charge in [-0.3, -0.25) is 9.78 Å². The van der Waals surface area contributed by atoms with E-state index >= 15 is 0 Å². The molecule has 2 aromatic heterocycles. The molecule has 0 spiro atoms. The third kappa shape index (κ3) is 4.01. The van der Waals surface area contributed by atoms with E-state index in [0.717, 1.165) is 5.69 Å². The fourth-order valence-electron chi connectivity index (χ4n) is 4.01. The second-order valence-corrected chi connectivity index (χ2v) is 7.54. The monoisotopic (exact) mass is 444 g/mol. The number of aromatic nitrogens is 2. The third-order valence-electron chi connectivity index (χ3n) is 5.56. The van der Waals surface area contributed by atoms with Crippen molar-refractivity contribution in [1.29, 1.82) is 5.26 Å². The summed E-state index contributed by atoms with van der Waals surface area (Å²) in [4.78, 5) is 18.1. The Morgan fingerprint density at radius 1 is 1.24 bits per heavy atom. The molecule has 4 rings (SSSR count). The Hall–Kier alpha value is -4.25. The van der Waals surface area contributed by atoms with E-state index in [4.69, 9.17) is 19.9 Å². The van der Waals surface area contributed by atoms with Crippen molar-refractivity contribution in [1.82, 2.24) is 9.55 Å². The maximum atomic E-state index is 13.7. The van der Waals surface area contributed by atoms with Gasteiger partial charge in [-0.15, -0.1) is 0 Å². The van der Waals surface area contributed by atoms with E-state index in [1.54, 1.807) is 35.0 Å². The van der Waals surface area contributed by atoms with Gasteiger partial charge in [-0.2, -0.15) is 5.26 Å². The zero-order valence-corrected chi connectivity index (χ0v) is 18.7.